The highest BCUT2D eigenvalue weighted by Gasteiger charge is 2.28. The number of H-pyrrole nitrogens is 1. The van der Waals surface area contributed by atoms with Gasteiger partial charge in [-0.1, -0.05) is 6.92 Å². The Morgan fingerprint density at radius 1 is 1.60 bits per heavy atom. The second kappa shape index (κ2) is 6.71. The number of carbonyl (C=O) groups excluding carboxylic acids is 1. The Labute approximate surface area is 118 Å². The molecule has 3 N–H and O–H groups in total. The van der Waals surface area contributed by atoms with Crippen LogP contribution in [-0.4, -0.2) is 45.5 Å². The summed E-state index contributed by atoms with van der Waals surface area (Å²) >= 11 is 0. The van der Waals surface area contributed by atoms with Gasteiger partial charge in [-0.05, 0) is 13.3 Å². The summed E-state index contributed by atoms with van der Waals surface area (Å²) in [6, 6.07) is 0.123. The quantitative estimate of drug-likeness (QED) is 0.671. The summed E-state index contributed by atoms with van der Waals surface area (Å²) < 4.78 is 5.28. The van der Waals surface area contributed by atoms with Gasteiger partial charge in [0.1, 0.15) is 0 Å². The van der Waals surface area contributed by atoms with Crippen LogP contribution in [0.5, 0.6) is 0 Å². The van der Waals surface area contributed by atoms with Gasteiger partial charge in [-0.2, -0.15) is 5.10 Å². The van der Waals surface area contributed by atoms with Crippen molar-refractivity contribution in [1.82, 2.24) is 20.4 Å². The number of hydrogen-bond acceptors (Lipinski definition) is 4. The Morgan fingerprint density at radius 2 is 2.40 bits per heavy atom. The predicted octanol–water partition coefficient (Wildman–Crippen LogP) is 0.742. The first-order chi connectivity index (χ1) is 9.65. The number of aromatic amines is 1. The summed E-state index contributed by atoms with van der Waals surface area (Å²) in [6.45, 7) is 5.76. The first-order valence-corrected chi connectivity index (χ1v) is 6.94. The maximum atomic E-state index is 12.1. The van der Waals surface area contributed by atoms with Crippen LogP contribution < -0.4 is 5.32 Å². The van der Waals surface area contributed by atoms with Gasteiger partial charge < -0.3 is 20.1 Å². The molecule has 1 aromatic rings. The van der Waals surface area contributed by atoms with E-state index in [9.17, 15) is 4.79 Å². The van der Waals surface area contributed by atoms with Gasteiger partial charge >= 0.3 is 6.03 Å². The van der Waals surface area contributed by atoms with Crippen LogP contribution in [0.3, 0.4) is 0 Å². The number of fused-ring (bicyclic) bond motifs is 1. The Hall–Kier alpha value is -1.60. The molecule has 0 saturated heterocycles. The van der Waals surface area contributed by atoms with Crippen LogP contribution in [0.1, 0.15) is 37.2 Å². The number of carbonyl (C=O) groups is 1. The number of aliphatic hydroxyl groups is 1. The smallest absolute Gasteiger partial charge is 0.318 e. The molecule has 20 heavy (non-hydrogen) atoms. The fourth-order valence-corrected chi connectivity index (χ4v) is 2.10. The lowest BCUT2D eigenvalue weighted by Crippen LogP contribution is -2.41. The van der Waals surface area contributed by atoms with Crippen LogP contribution in [0.2, 0.25) is 0 Å². The van der Waals surface area contributed by atoms with E-state index in [0.717, 1.165) is 23.4 Å². The molecule has 1 aromatic heterocycles. The third-order valence-corrected chi connectivity index (χ3v) is 3.48. The zero-order chi connectivity index (χ0) is 14.5. The number of aliphatic hydroxyl groups excluding tert-OH is 1. The van der Waals surface area contributed by atoms with Gasteiger partial charge in [0.25, 0.3) is 0 Å². The molecule has 2 heterocycles. The number of ether oxygens (including phenoxy) is 1. The van der Waals surface area contributed by atoms with Gasteiger partial charge in [0.05, 0.1) is 44.3 Å². The molecule has 1 aliphatic heterocycles. The minimum Gasteiger partial charge on any atom is -0.394 e. The minimum atomic E-state index is -0.0498. The van der Waals surface area contributed by atoms with Gasteiger partial charge in [0.2, 0.25) is 0 Å². The number of aromatic nitrogens is 2. The molecule has 0 bridgehead atoms. The molecule has 2 amide bonds. The van der Waals surface area contributed by atoms with Crippen molar-refractivity contribution in [2.75, 3.05) is 13.2 Å². The Bertz CT molecular complexity index is 460. The topological polar surface area (TPSA) is 90.5 Å². The van der Waals surface area contributed by atoms with E-state index in [1.807, 2.05) is 13.8 Å². The molecule has 0 radical (unpaired) electrons. The Morgan fingerprint density at radius 3 is 3.10 bits per heavy atom. The third kappa shape index (κ3) is 3.29. The summed E-state index contributed by atoms with van der Waals surface area (Å²) in [5.74, 6) is 0. The maximum Gasteiger partial charge on any atom is 0.318 e. The summed E-state index contributed by atoms with van der Waals surface area (Å²) in [4.78, 5) is 13.8. The van der Waals surface area contributed by atoms with E-state index in [2.05, 4.69) is 15.5 Å². The highest BCUT2D eigenvalue weighted by atomic mass is 16.5. The van der Waals surface area contributed by atoms with Crippen LogP contribution in [0.4, 0.5) is 4.79 Å². The lowest BCUT2D eigenvalue weighted by atomic mass is 10.2. The monoisotopic (exact) mass is 282 g/mol. The van der Waals surface area contributed by atoms with Crippen LogP contribution in [0.15, 0.2) is 0 Å². The zero-order valence-electron chi connectivity index (χ0n) is 12.0. The van der Waals surface area contributed by atoms with Crippen molar-refractivity contribution in [2.45, 2.75) is 46.0 Å². The van der Waals surface area contributed by atoms with E-state index in [1.54, 1.807) is 4.90 Å². The van der Waals surface area contributed by atoms with E-state index >= 15 is 0 Å². The number of rotatable bonds is 6. The number of amides is 2. The van der Waals surface area contributed by atoms with E-state index in [4.69, 9.17) is 9.84 Å². The Kier molecular flexibility index (Phi) is 4.97. The fraction of sp³-hybridized carbons (Fsp3) is 0.692. The second-order valence-electron chi connectivity index (χ2n) is 5.02. The van der Waals surface area contributed by atoms with E-state index in [1.165, 1.54) is 0 Å². The molecular formula is C13H22N4O3. The summed E-state index contributed by atoms with van der Waals surface area (Å²) in [5, 5.41) is 18.8. The van der Waals surface area contributed by atoms with Crippen molar-refractivity contribution in [3.05, 3.63) is 17.0 Å². The van der Waals surface area contributed by atoms with Gasteiger partial charge in [-0.3, -0.25) is 5.10 Å². The molecule has 112 valence electrons. The number of hydrogen-bond donors (Lipinski definition) is 3. The van der Waals surface area contributed by atoms with Crippen molar-refractivity contribution in [1.29, 1.82) is 0 Å². The average molecular weight is 282 g/mol. The molecule has 2 rings (SSSR count). The fourth-order valence-electron chi connectivity index (χ4n) is 2.10. The van der Waals surface area contributed by atoms with Crippen molar-refractivity contribution in [2.24, 2.45) is 0 Å². The van der Waals surface area contributed by atoms with E-state index < -0.39 is 0 Å². The maximum absolute atomic E-state index is 12.1. The van der Waals surface area contributed by atoms with E-state index in [-0.39, 0.29) is 18.7 Å². The molecule has 0 unspecified atom stereocenters. The van der Waals surface area contributed by atoms with Crippen molar-refractivity contribution < 1.29 is 14.6 Å². The highest BCUT2D eigenvalue weighted by Crippen LogP contribution is 2.24. The van der Waals surface area contributed by atoms with Gasteiger partial charge in [0.15, 0.2) is 0 Å². The molecule has 0 aromatic carbocycles. The lowest BCUT2D eigenvalue weighted by Gasteiger charge is -2.19. The van der Waals surface area contributed by atoms with E-state index in [0.29, 0.717) is 26.3 Å². The molecule has 0 fully saturated rings. The zero-order valence-corrected chi connectivity index (χ0v) is 12.0. The van der Waals surface area contributed by atoms with Crippen molar-refractivity contribution >= 4 is 6.03 Å². The van der Waals surface area contributed by atoms with Crippen molar-refractivity contribution in [3.63, 3.8) is 0 Å². The largest absolute Gasteiger partial charge is 0.394 e. The van der Waals surface area contributed by atoms with Gasteiger partial charge in [-0.25, -0.2) is 4.79 Å². The molecule has 7 nitrogen and oxygen atoms in total. The molecule has 0 saturated carbocycles. The highest BCUT2D eigenvalue weighted by molar-refractivity contribution is 5.75. The number of urea groups is 1. The van der Waals surface area contributed by atoms with Gasteiger partial charge in [0, 0.05) is 11.6 Å². The Balaban J connectivity index is 1.92. The summed E-state index contributed by atoms with van der Waals surface area (Å²) in [6.07, 6.45) is 0.909. The van der Waals surface area contributed by atoms with Gasteiger partial charge in [-0.15, -0.1) is 0 Å². The minimum absolute atomic E-state index is 0.00392. The third-order valence-electron chi connectivity index (χ3n) is 3.48. The van der Waals surface area contributed by atoms with Crippen LogP contribution in [0, 0.1) is 0 Å². The van der Waals surface area contributed by atoms with Crippen LogP contribution in [0.25, 0.3) is 0 Å². The molecule has 0 spiro atoms. The number of nitrogens with one attached hydrogen (secondary N) is 2. The molecule has 1 aliphatic rings. The second-order valence-corrected chi connectivity index (χ2v) is 5.02. The first-order valence-electron chi connectivity index (χ1n) is 6.94. The molecule has 1 atom stereocenters. The van der Waals surface area contributed by atoms with Crippen molar-refractivity contribution in [3.8, 4) is 0 Å². The van der Waals surface area contributed by atoms with Crippen LogP contribution in [-0.2, 0) is 24.4 Å². The molecule has 0 aliphatic carbocycles. The standard InChI is InChI=1S/C13H22N4O3/c1-3-9(2)14-13(19)17-6-10-11(7-17)15-16-12(10)8-20-5-4-18/h9,18H,3-8H2,1-2H3,(H,14,19)(H,15,16)/t9-/m1/s1. The predicted molar refractivity (Wildman–Crippen MR) is 72.9 cm³/mol. The van der Waals surface area contributed by atoms with Crippen LogP contribution >= 0.6 is 0 Å². The average Bonchev–Trinajstić information content (AvgIpc) is 3.00. The molecular weight excluding hydrogens is 260 g/mol. The normalized spacial score (nSPS) is 15.2. The number of nitrogens with zero attached hydrogens (tertiary/aromatic N) is 2. The molecule has 7 heteroatoms. The first kappa shape index (κ1) is 14.8. The summed E-state index contributed by atoms with van der Waals surface area (Å²) in [5.41, 5.74) is 2.81. The summed E-state index contributed by atoms with van der Waals surface area (Å²) in [7, 11) is 0. The lowest BCUT2D eigenvalue weighted by molar-refractivity contribution is 0.0791. The SMILES string of the molecule is CC[C@@H](C)NC(=O)N1Cc2[nH]nc(COCCO)c2C1.